The molecule has 6 atom stereocenters. The Morgan fingerprint density at radius 2 is 0.908 bits per heavy atom. The summed E-state index contributed by atoms with van der Waals surface area (Å²) in [6.07, 6.45) is 65.4. The van der Waals surface area contributed by atoms with E-state index in [1.165, 1.54) is 83.5 Å². The Bertz CT molecular complexity index is 1730. The van der Waals surface area contributed by atoms with Crippen LogP contribution in [0.3, 0.4) is 0 Å². The fourth-order valence-electron chi connectivity index (χ4n) is 8.45. The predicted octanol–water partition coefficient (Wildman–Crippen LogP) is 15.1. The molecule has 13 heteroatoms. The zero-order chi connectivity index (χ0) is 55.3. The molecule has 1 aliphatic heterocycles. The maximum atomic E-state index is 13.0. The molecule has 0 amide bonds. The summed E-state index contributed by atoms with van der Waals surface area (Å²) in [6, 6.07) is 0. The molecular weight excluding hydrogens is 981 g/mol. The zero-order valence-electron chi connectivity index (χ0n) is 47.3. The molecule has 4 N–H and O–H groups in total. The number of carbonyl (C=O) groups excluding carboxylic acids is 1. The molecule has 1 heterocycles. The molecule has 0 aliphatic carbocycles. The summed E-state index contributed by atoms with van der Waals surface area (Å²) in [4.78, 5) is 13.0. The van der Waals surface area contributed by atoms with Gasteiger partial charge in [0.15, 0.2) is 6.29 Å². The lowest BCUT2D eigenvalue weighted by atomic mass is 9.99. The highest BCUT2D eigenvalue weighted by Crippen LogP contribution is 2.26. The molecule has 0 aromatic heterocycles. The second-order valence-electron chi connectivity index (χ2n) is 19.8. The molecule has 6 unspecified atom stereocenters. The fraction of sp³-hybridized carbons (Fsp3) is 0.698. The molecule has 0 saturated carbocycles. The molecule has 0 aromatic rings. The standard InChI is InChI=1S/C63H106O12S/c1-3-5-7-9-11-13-15-17-19-21-23-25-27-28-29-31-33-35-37-39-41-43-45-47-49-51-53-71-55-57(56-72-63-61(67)62(75-76(68,69)70)60(66)58(54-64)74-63)73-59(65)52-50-48-46-44-42-40-38-36-34-32-30-26-24-22-20-18-16-14-12-10-8-6-4-2/h5,7,11,13,16-19,22-25,28-30,32-33,35,57-58,60-64,66-67H,3-4,6,8-10,12,14-15,20-21,26-27,31,34,36-56H2,1-2H3,(H,68,69,70)/b7-5-,13-11-,18-16-,19-17-,24-22-,25-23-,29-28-,32-30-,35-33-. The number of aliphatic hydroxyl groups is 3. The number of carbonyl (C=O) groups is 1. The van der Waals surface area contributed by atoms with Crippen LogP contribution >= 0.6 is 0 Å². The number of esters is 1. The third kappa shape index (κ3) is 44.7. The first-order valence-electron chi connectivity index (χ1n) is 29.6. The summed E-state index contributed by atoms with van der Waals surface area (Å²) in [6.45, 7) is 3.83. The van der Waals surface area contributed by atoms with Crippen molar-refractivity contribution in [3.05, 3.63) is 109 Å². The van der Waals surface area contributed by atoms with Crippen molar-refractivity contribution in [2.75, 3.05) is 26.4 Å². The van der Waals surface area contributed by atoms with Gasteiger partial charge < -0.3 is 34.3 Å². The summed E-state index contributed by atoms with van der Waals surface area (Å²) < 4.78 is 59.5. The number of aliphatic hydroxyl groups excluding tert-OH is 3. The number of unbranched alkanes of at least 4 members (excludes halogenated alkanes) is 20. The van der Waals surface area contributed by atoms with Gasteiger partial charge in [-0.25, -0.2) is 4.18 Å². The molecular formula is C63H106O12S. The Morgan fingerprint density at radius 3 is 1.33 bits per heavy atom. The van der Waals surface area contributed by atoms with E-state index in [-0.39, 0.29) is 19.6 Å². The summed E-state index contributed by atoms with van der Waals surface area (Å²) in [5.74, 6) is -0.414. The van der Waals surface area contributed by atoms with E-state index in [0.717, 1.165) is 109 Å². The highest BCUT2D eigenvalue weighted by atomic mass is 32.3. The van der Waals surface area contributed by atoms with E-state index in [2.05, 4.69) is 127 Å². The molecule has 1 aliphatic rings. The summed E-state index contributed by atoms with van der Waals surface area (Å²) in [7, 11) is -5.08. The first-order valence-corrected chi connectivity index (χ1v) is 31.0. The summed E-state index contributed by atoms with van der Waals surface area (Å²) in [5.41, 5.74) is 0. The molecule has 76 heavy (non-hydrogen) atoms. The van der Waals surface area contributed by atoms with Crippen LogP contribution in [0.5, 0.6) is 0 Å². The number of ether oxygens (including phenoxy) is 4. The number of hydrogen-bond acceptors (Lipinski definition) is 11. The first kappa shape index (κ1) is 70.8. The van der Waals surface area contributed by atoms with Crippen molar-refractivity contribution in [2.45, 2.75) is 256 Å². The zero-order valence-corrected chi connectivity index (χ0v) is 48.1. The van der Waals surface area contributed by atoms with Crippen molar-refractivity contribution < 1.29 is 56.2 Å². The van der Waals surface area contributed by atoms with Crippen molar-refractivity contribution in [1.29, 1.82) is 0 Å². The summed E-state index contributed by atoms with van der Waals surface area (Å²) in [5, 5.41) is 30.9. The Labute approximate surface area is 462 Å². The molecule has 0 bridgehead atoms. The molecule has 0 aromatic carbocycles. The van der Waals surface area contributed by atoms with Gasteiger partial charge in [0.05, 0.1) is 19.8 Å². The van der Waals surface area contributed by atoms with Crippen LogP contribution in [0.15, 0.2) is 109 Å². The Morgan fingerprint density at radius 1 is 0.513 bits per heavy atom. The average Bonchev–Trinajstić information content (AvgIpc) is 3.40. The minimum absolute atomic E-state index is 0.0181. The molecule has 0 spiro atoms. The second-order valence-corrected chi connectivity index (χ2v) is 20.9. The van der Waals surface area contributed by atoms with Gasteiger partial charge >= 0.3 is 16.4 Å². The van der Waals surface area contributed by atoms with E-state index >= 15 is 0 Å². The monoisotopic (exact) mass is 1090 g/mol. The van der Waals surface area contributed by atoms with Crippen LogP contribution in [0.1, 0.15) is 219 Å². The Hall–Kier alpha value is -3.24. The maximum absolute atomic E-state index is 13.0. The normalized spacial score (nSPS) is 19.4. The van der Waals surface area contributed by atoms with Gasteiger partial charge in [0.25, 0.3) is 0 Å². The Kier molecular flexibility index (Phi) is 48.9. The van der Waals surface area contributed by atoms with Gasteiger partial charge in [-0.1, -0.05) is 220 Å². The third-order valence-electron chi connectivity index (χ3n) is 12.9. The van der Waals surface area contributed by atoms with Crippen molar-refractivity contribution >= 4 is 16.4 Å². The quantitative estimate of drug-likeness (QED) is 0.0196. The van der Waals surface area contributed by atoms with Crippen LogP contribution in [0.25, 0.3) is 0 Å². The highest BCUT2D eigenvalue weighted by molar-refractivity contribution is 7.80. The van der Waals surface area contributed by atoms with E-state index in [9.17, 15) is 33.1 Å². The van der Waals surface area contributed by atoms with E-state index in [0.29, 0.717) is 13.0 Å². The van der Waals surface area contributed by atoms with Gasteiger partial charge in [0, 0.05) is 13.0 Å². The largest absolute Gasteiger partial charge is 0.457 e. The minimum atomic E-state index is -5.08. The molecule has 436 valence electrons. The topological polar surface area (TPSA) is 178 Å². The highest BCUT2D eigenvalue weighted by Gasteiger charge is 2.48. The van der Waals surface area contributed by atoms with Crippen molar-refractivity contribution in [3.8, 4) is 0 Å². The molecule has 0 radical (unpaired) electrons. The lowest BCUT2D eigenvalue weighted by Crippen LogP contribution is -2.60. The second kappa shape index (κ2) is 52.5. The Balaban J connectivity index is 2.33. The van der Waals surface area contributed by atoms with Gasteiger partial charge in [-0.05, 0) is 103 Å². The third-order valence-corrected chi connectivity index (χ3v) is 13.3. The van der Waals surface area contributed by atoms with Gasteiger partial charge in [-0.15, -0.1) is 0 Å². The van der Waals surface area contributed by atoms with Crippen LogP contribution in [0.2, 0.25) is 0 Å². The maximum Gasteiger partial charge on any atom is 0.397 e. The summed E-state index contributed by atoms with van der Waals surface area (Å²) >= 11 is 0. The molecule has 1 saturated heterocycles. The lowest BCUT2D eigenvalue weighted by Gasteiger charge is -2.41. The van der Waals surface area contributed by atoms with Crippen LogP contribution in [-0.2, 0) is 38.3 Å². The van der Waals surface area contributed by atoms with Crippen LogP contribution in [-0.4, -0.2) is 97.5 Å². The van der Waals surface area contributed by atoms with Crippen LogP contribution in [0, 0.1) is 0 Å². The van der Waals surface area contributed by atoms with E-state index in [4.69, 9.17) is 18.9 Å². The van der Waals surface area contributed by atoms with Crippen molar-refractivity contribution in [2.24, 2.45) is 0 Å². The first-order chi connectivity index (χ1) is 37.1. The SMILES string of the molecule is CC/C=C\C/C=C\C/C=C\C/C=C\C/C=C\C/C=C\CCCCCCCCCOCC(COC1OC(CO)C(O)C(OS(=O)(=O)O)C1O)OC(=O)CCCCCCCCCC/C=C\C/C=C\C/C=C\CCCCCCC. The number of rotatable bonds is 51. The fourth-order valence-corrected chi connectivity index (χ4v) is 8.96. The number of allylic oxidation sites excluding steroid dienone is 18. The lowest BCUT2D eigenvalue weighted by molar-refractivity contribution is -0.301. The molecule has 12 nitrogen and oxygen atoms in total. The van der Waals surface area contributed by atoms with Crippen molar-refractivity contribution in [1.82, 2.24) is 0 Å². The predicted molar refractivity (Wildman–Crippen MR) is 312 cm³/mol. The van der Waals surface area contributed by atoms with Gasteiger partial charge in [0.1, 0.15) is 30.5 Å². The van der Waals surface area contributed by atoms with Crippen LogP contribution < -0.4 is 0 Å². The van der Waals surface area contributed by atoms with Crippen molar-refractivity contribution in [3.63, 3.8) is 0 Å². The van der Waals surface area contributed by atoms with E-state index in [1.54, 1.807) is 0 Å². The van der Waals surface area contributed by atoms with Gasteiger partial charge in [-0.3, -0.25) is 9.35 Å². The molecule has 1 fully saturated rings. The van der Waals surface area contributed by atoms with E-state index < -0.39 is 59.8 Å². The minimum Gasteiger partial charge on any atom is -0.457 e. The van der Waals surface area contributed by atoms with Gasteiger partial charge in [0.2, 0.25) is 0 Å². The smallest absolute Gasteiger partial charge is 0.397 e. The van der Waals surface area contributed by atoms with Gasteiger partial charge in [-0.2, -0.15) is 8.42 Å². The molecule has 1 rings (SSSR count). The van der Waals surface area contributed by atoms with Crippen LogP contribution in [0.4, 0.5) is 0 Å². The van der Waals surface area contributed by atoms with E-state index in [1.807, 2.05) is 0 Å². The average molecular weight is 1090 g/mol. The number of hydrogen-bond donors (Lipinski definition) is 4.